The molecular weight excluding hydrogens is 324 g/mol. The lowest BCUT2D eigenvalue weighted by Gasteiger charge is -2.13. The van der Waals surface area contributed by atoms with Crippen molar-refractivity contribution in [3.05, 3.63) is 66.7 Å². The molecule has 0 aliphatic carbocycles. The van der Waals surface area contributed by atoms with E-state index in [-0.39, 0.29) is 11.0 Å². The molecule has 2 aromatic rings. The van der Waals surface area contributed by atoms with Crippen LogP contribution in [0.3, 0.4) is 0 Å². The van der Waals surface area contributed by atoms with Crippen LogP contribution in [0.5, 0.6) is 11.5 Å². The zero-order valence-corrected chi connectivity index (χ0v) is 14.1. The first-order chi connectivity index (χ1) is 11.6. The molecule has 1 amide bonds. The van der Waals surface area contributed by atoms with Gasteiger partial charge in [-0.2, -0.15) is 0 Å². The van der Waals surface area contributed by atoms with E-state index in [1.165, 1.54) is 0 Å². The Labute approximate surface area is 146 Å². The summed E-state index contributed by atoms with van der Waals surface area (Å²) in [5.74, 6) is 0.999. The molecule has 0 saturated heterocycles. The first-order valence-corrected chi connectivity index (χ1v) is 7.64. The highest BCUT2D eigenvalue weighted by atomic mass is 32.1. The molecule has 0 spiro atoms. The van der Waals surface area contributed by atoms with Crippen LogP contribution in [0.15, 0.2) is 61.2 Å². The molecule has 2 rings (SSSR count). The number of hydrogen-bond acceptors (Lipinski definition) is 4. The third-order valence-electron chi connectivity index (χ3n) is 3.07. The Kier molecular flexibility index (Phi) is 6.33. The molecule has 0 saturated carbocycles. The highest BCUT2D eigenvalue weighted by molar-refractivity contribution is 7.80. The van der Waals surface area contributed by atoms with Gasteiger partial charge in [-0.05, 0) is 48.6 Å². The molecule has 0 heterocycles. The van der Waals surface area contributed by atoms with Gasteiger partial charge in [0.15, 0.2) is 5.11 Å². The molecule has 0 fully saturated rings. The van der Waals surface area contributed by atoms with E-state index < -0.39 is 0 Å². The Hall–Kier alpha value is -2.86. The van der Waals surface area contributed by atoms with Gasteiger partial charge in [-0.25, -0.2) is 0 Å². The Morgan fingerprint density at radius 1 is 1.21 bits per heavy atom. The summed E-state index contributed by atoms with van der Waals surface area (Å²) in [6.07, 6.45) is 1.65. The van der Waals surface area contributed by atoms with Crippen LogP contribution in [-0.2, 0) is 0 Å². The van der Waals surface area contributed by atoms with Gasteiger partial charge in [0.25, 0.3) is 5.91 Å². The number of para-hydroxylation sites is 2. The van der Waals surface area contributed by atoms with Crippen LogP contribution in [0.2, 0.25) is 0 Å². The van der Waals surface area contributed by atoms with Crippen LogP contribution < -0.4 is 20.1 Å². The SMILES string of the molecule is C=CCOc1ccccc1NC(=S)NC(=O)c1ccc(OC)cc1. The number of thiocarbonyl (C=S) groups is 1. The van der Waals surface area contributed by atoms with Gasteiger partial charge in [0.05, 0.1) is 12.8 Å². The van der Waals surface area contributed by atoms with Crippen LogP contribution in [-0.4, -0.2) is 24.7 Å². The van der Waals surface area contributed by atoms with E-state index in [9.17, 15) is 4.79 Å². The molecule has 2 aromatic carbocycles. The Morgan fingerprint density at radius 3 is 2.58 bits per heavy atom. The number of carbonyl (C=O) groups is 1. The van der Waals surface area contributed by atoms with Crippen LogP contribution in [0.1, 0.15) is 10.4 Å². The zero-order chi connectivity index (χ0) is 17.4. The molecule has 5 nitrogen and oxygen atoms in total. The topological polar surface area (TPSA) is 59.6 Å². The number of methoxy groups -OCH3 is 1. The summed E-state index contributed by atoms with van der Waals surface area (Å²) in [5, 5.41) is 5.77. The average Bonchev–Trinajstić information content (AvgIpc) is 2.61. The van der Waals surface area contributed by atoms with E-state index in [1.807, 2.05) is 18.2 Å². The summed E-state index contributed by atoms with van der Waals surface area (Å²) in [6, 6.07) is 14.1. The van der Waals surface area contributed by atoms with E-state index in [0.29, 0.717) is 29.4 Å². The van der Waals surface area contributed by atoms with Crippen LogP contribution in [0.4, 0.5) is 5.69 Å². The maximum atomic E-state index is 12.2. The Bertz CT molecular complexity index is 729. The number of carbonyl (C=O) groups excluding carboxylic acids is 1. The van der Waals surface area contributed by atoms with Gasteiger partial charge in [0.2, 0.25) is 0 Å². The van der Waals surface area contributed by atoms with E-state index in [1.54, 1.807) is 43.5 Å². The predicted molar refractivity (Wildman–Crippen MR) is 98.8 cm³/mol. The summed E-state index contributed by atoms with van der Waals surface area (Å²) in [5.41, 5.74) is 1.15. The second kappa shape index (κ2) is 8.69. The van der Waals surface area contributed by atoms with Gasteiger partial charge < -0.3 is 14.8 Å². The average molecular weight is 342 g/mol. The predicted octanol–water partition coefficient (Wildman–Crippen LogP) is 3.39. The third-order valence-corrected chi connectivity index (χ3v) is 3.28. The molecular formula is C18H18N2O3S. The Morgan fingerprint density at radius 2 is 1.92 bits per heavy atom. The van der Waals surface area contributed by atoms with Crippen molar-refractivity contribution in [2.45, 2.75) is 0 Å². The minimum Gasteiger partial charge on any atom is -0.497 e. The normalized spacial score (nSPS) is 9.71. The van der Waals surface area contributed by atoms with Crippen molar-refractivity contribution in [3.63, 3.8) is 0 Å². The van der Waals surface area contributed by atoms with Crippen molar-refractivity contribution >= 4 is 28.9 Å². The van der Waals surface area contributed by atoms with Crippen molar-refractivity contribution in [3.8, 4) is 11.5 Å². The lowest BCUT2D eigenvalue weighted by atomic mass is 10.2. The fourth-order valence-electron chi connectivity index (χ4n) is 1.92. The van der Waals surface area contributed by atoms with E-state index in [2.05, 4.69) is 17.2 Å². The fourth-order valence-corrected chi connectivity index (χ4v) is 2.12. The molecule has 0 atom stereocenters. The van der Waals surface area contributed by atoms with Crippen molar-refractivity contribution in [2.24, 2.45) is 0 Å². The van der Waals surface area contributed by atoms with Gasteiger partial charge in [0.1, 0.15) is 18.1 Å². The summed E-state index contributed by atoms with van der Waals surface area (Å²) in [6.45, 7) is 3.99. The number of anilines is 1. The summed E-state index contributed by atoms with van der Waals surface area (Å²) >= 11 is 5.19. The number of benzene rings is 2. The van der Waals surface area contributed by atoms with Crippen LogP contribution >= 0.6 is 12.2 Å². The van der Waals surface area contributed by atoms with Gasteiger partial charge in [-0.1, -0.05) is 24.8 Å². The number of hydrogen-bond donors (Lipinski definition) is 2. The fraction of sp³-hybridized carbons (Fsp3) is 0.111. The molecule has 2 N–H and O–H groups in total. The van der Waals surface area contributed by atoms with Crippen LogP contribution in [0.25, 0.3) is 0 Å². The first-order valence-electron chi connectivity index (χ1n) is 7.23. The lowest BCUT2D eigenvalue weighted by molar-refractivity contribution is 0.0977. The maximum absolute atomic E-state index is 12.2. The summed E-state index contributed by atoms with van der Waals surface area (Å²) < 4.78 is 10.6. The number of ether oxygens (including phenoxy) is 2. The van der Waals surface area contributed by atoms with E-state index in [4.69, 9.17) is 21.7 Å². The molecule has 124 valence electrons. The first kappa shape index (κ1) is 17.5. The van der Waals surface area contributed by atoms with E-state index >= 15 is 0 Å². The van der Waals surface area contributed by atoms with Crippen molar-refractivity contribution in [2.75, 3.05) is 19.0 Å². The standard InChI is InChI=1S/C18H18N2O3S/c1-3-12-23-16-7-5-4-6-15(16)19-18(24)20-17(21)13-8-10-14(22-2)11-9-13/h3-11H,1,12H2,2H3,(H2,19,20,21,24). The van der Waals surface area contributed by atoms with Gasteiger partial charge >= 0.3 is 0 Å². The monoisotopic (exact) mass is 342 g/mol. The van der Waals surface area contributed by atoms with Gasteiger partial charge in [-0.15, -0.1) is 0 Å². The van der Waals surface area contributed by atoms with Crippen molar-refractivity contribution in [1.82, 2.24) is 5.32 Å². The largest absolute Gasteiger partial charge is 0.497 e. The van der Waals surface area contributed by atoms with Gasteiger partial charge in [0, 0.05) is 5.56 Å². The number of rotatable bonds is 6. The highest BCUT2D eigenvalue weighted by Crippen LogP contribution is 2.23. The Balaban J connectivity index is 1.99. The highest BCUT2D eigenvalue weighted by Gasteiger charge is 2.10. The smallest absolute Gasteiger partial charge is 0.257 e. The third kappa shape index (κ3) is 4.82. The zero-order valence-electron chi connectivity index (χ0n) is 13.2. The molecule has 24 heavy (non-hydrogen) atoms. The minimum absolute atomic E-state index is 0.186. The number of nitrogens with one attached hydrogen (secondary N) is 2. The molecule has 0 radical (unpaired) electrons. The number of amides is 1. The molecule has 0 aliphatic rings. The maximum Gasteiger partial charge on any atom is 0.257 e. The molecule has 0 bridgehead atoms. The molecule has 0 aliphatic heterocycles. The van der Waals surface area contributed by atoms with Crippen LogP contribution in [0, 0.1) is 0 Å². The minimum atomic E-state index is -0.306. The quantitative estimate of drug-likeness (QED) is 0.622. The lowest BCUT2D eigenvalue weighted by Crippen LogP contribution is -2.34. The molecule has 6 heteroatoms. The second-order valence-electron chi connectivity index (χ2n) is 4.73. The second-order valence-corrected chi connectivity index (χ2v) is 5.14. The van der Waals surface area contributed by atoms with Crippen molar-refractivity contribution in [1.29, 1.82) is 0 Å². The summed E-state index contributed by atoms with van der Waals surface area (Å²) in [4.78, 5) is 12.2. The van der Waals surface area contributed by atoms with E-state index in [0.717, 1.165) is 0 Å². The van der Waals surface area contributed by atoms with Gasteiger partial charge in [-0.3, -0.25) is 10.1 Å². The summed E-state index contributed by atoms with van der Waals surface area (Å²) in [7, 11) is 1.57. The molecule has 0 unspecified atom stereocenters. The molecule has 0 aromatic heterocycles. The van der Waals surface area contributed by atoms with Crippen molar-refractivity contribution < 1.29 is 14.3 Å².